The number of fused-ring (bicyclic) bond motifs is 1. The molecule has 0 spiro atoms. The number of nitrogens with zero attached hydrogens (tertiary/aromatic N) is 4. The first-order chi connectivity index (χ1) is 13.2. The van der Waals surface area contributed by atoms with Crippen molar-refractivity contribution in [1.82, 2.24) is 19.6 Å². The minimum atomic E-state index is -0.462. The van der Waals surface area contributed by atoms with Crippen molar-refractivity contribution >= 4 is 17.8 Å². The van der Waals surface area contributed by atoms with Gasteiger partial charge in [-0.15, -0.1) is 0 Å². The van der Waals surface area contributed by atoms with Crippen LogP contribution in [0.5, 0.6) is 0 Å². The first-order valence-electron chi connectivity index (χ1n) is 10.4. The average molecular weight is 397 g/mol. The second-order valence-corrected chi connectivity index (χ2v) is 8.42. The third kappa shape index (κ3) is 4.77. The van der Waals surface area contributed by atoms with Crippen LogP contribution in [0.4, 0.5) is 4.79 Å². The van der Waals surface area contributed by atoms with E-state index in [0.29, 0.717) is 39.2 Å². The Morgan fingerprint density at radius 2 is 1.82 bits per heavy atom. The Morgan fingerprint density at radius 3 is 2.36 bits per heavy atom. The van der Waals surface area contributed by atoms with E-state index in [1.165, 1.54) is 0 Å². The lowest BCUT2D eigenvalue weighted by Crippen LogP contribution is -2.61. The van der Waals surface area contributed by atoms with E-state index >= 15 is 0 Å². The van der Waals surface area contributed by atoms with Gasteiger partial charge in [0.05, 0.1) is 12.6 Å². The molecule has 0 radical (unpaired) electrons. The topological polar surface area (TPSA) is 73.4 Å². The van der Waals surface area contributed by atoms with Crippen LogP contribution in [0.1, 0.15) is 41.0 Å². The van der Waals surface area contributed by atoms with Crippen molar-refractivity contribution in [3.05, 3.63) is 0 Å². The van der Waals surface area contributed by atoms with E-state index in [1.54, 1.807) is 21.8 Å². The summed E-state index contributed by atoms with van der Waals surface area (Å²) in [5.74, 6) is 0.228. The quantitative estimate of drug-likeness (QED) is 0.588. The van der Waals surface area contributed by atoms with Gasteiger partial charge in [0, 0.05) is 39.3 Å². The van der Waals surface area contributed by atoms with Crippen LogP contribution in [0.2, 0.25) is 0 Å². The molecule has 8 nitrogen and oxygen atoms in total. The molecule has 160 valence electrons. The van der Waals surface area contributed by atoms with Crippen LogP contribution in [-0.4, -0.2) is 102 Å². The van der Waals surface area contributed by atoms with E-state index in [0.717, 1.165) is 0 Å². The van der Waals surface area contributed by atoms with E-state index in [4.69, 9.17) is 4.74 Å². The summed E-state index contributed by atoms with van der Waals surface area (Å²) in [6.07, 6.45) is 0.624. The molecule has 0 aromatic rings. The van der Waals surface area contributed by atoms with E-state index < -0.39 is 6.04 Å². The fourth-order valence-electron chi connectivity index (χ4n) is 4.23. The summed E-state index contributed by atoms with van der Waals surface area (Å²) in [4.78, 5) is 45.7. The Morgan fingerprint density at radius 1 is 1.18 bits per heavy atom. The molecule has 0 aromatic heterocycles. The fourth-order valence-corrected chi connectivity index (χ4v) is 4.23. The number of rotatable bonds is 9. The molecular weight excluding hydrogens is 360 g/mol. The van der Waals surface area contributed by atoms with Gasteiger partial charge in [0.2, 0.25) is 11.8 Å². The summed E-state index contributed by atoms with van der Waals surface area (Å²) in [6, 6.07) is -0.635. The highest BCUT2D eigenvalue weighted by Crippen LogP contribution is 2.29. The smallest absolute Gasteiger partial charge is 0.321 e. The van der Waals surface area contributed by atoms with Gasteiger partial charge in [-0.25, -0.2) is 4.79 Å². The second-order valence-electron chi connectivity index (χ2n) is 8.42. The summed E-state index contributed by atoms with van der Waals surface area (Å²) >= 11 is 0. The summed E-state index contributed by atoms with van der Waals surface area (Å²) in [5, 5.41) is 0. The highest BCUT2D eigenvalue weighted by atomic mass is 16.5. The lowest BCUT2D eigenvalue weighted by Gasteiger charge is -2.42. The maximum atomic E-state index is 13.1. The van der Waals surface area contributed by atoms with Gasteiger partial charge in [0.1, 0.15) is 12.6 Å². The number of ether oxygens (including phenoxy) is 1. The van der Waals surface area contributed by atoms with Crippen LogP contribution < -0.4 is 0 Å². The van der Waals surface area contributed by atoms with Gasteiger partial charge < -0.3 is 24.3 Å². The first kappa shape index (κ1) is 22.5. The van der Waals surface area contributed by atoms with Crippen molar-refractivity contribution in [2.45, 2.75) is 59.2 Å². The number of hydrogen-bond donors (Lipinski definition) is 0. The lowest BCUT2D eigenvalue weighted by molar-refractivity contribution is -0.143. The molecule has 0 saturated carbocycles. The standard InChI is InChI=1S/C20H36N4O4/c1-7-23(15(4)5)18(25)13-22-12-16-11-21(8-9-28-6)19(26)17(10-14(2)3)24(16)20(22)27/h14-17H,7-13H2,1-6H3/t16-,17+/m1/s1. The normalized spacial score (nSPS) is 22.5. The molecule has 4 amide bonds. The molecule has 0 unspecified atom stereocenters. The summed E-state index contributed by atoms with van der Waals surface area (Å²) in [6.45, 7) is 12.7. The first-order valence-corrected chi connectivity index (χ1v) is 10.4. The van der Waals surface area contributed by atoms with Gasteiger partial charge in [0.15, 0.2) is 0 Å². The number of piperazine rings is 1. The Bertz CT molecular complexity index is 581. The molecule has 2 aliphatic rings. The van der Waals surface area contributed by atoms with Crippen molar-refractivity contribution in [1.29, 1.82) is 0 Å². The van der Waals surface area contributed by atoms with Crippen LogP contribution in [0.3, 0.4) is 0 Å². The lowest BCUT2D eigenvalue weighted by atomic mass is 9.97. The Labute approximate surface area is 168 Å². The molecule has 2 aliphatic heterocycles. The van der Waals surface area contributed by atoms with Gasteiger partial charge in [-0.1, -0.05) is 13.8 Å². The maximum absolute atomic E-state index is 13.1. The number of carbonyl (C=O) groups excluding carboxylic acids is 3. The predicted molar refractivity (Wildman–Crippen MR) is 107 cm³/mol. The SMILES string of the molecule is CCN(C(=O)CN1C[C@H]2CN(CCOC)C(=O)[C@H](CC(C)C)N2C1=O)C(C)C. The third-order valence-electron chi connectivity index (χ3n) is 5.55. The Kier molecular flexibility index (Phi) is 7.69. The molecule has 2 fully saturated rings. The average Bonchev–Trinajstić information content (AvgIpc) is 2.91. The maximum Gasteiger partial charge on any atom is 0.321 e. The number of hydrogen-bond acceptors (Lipinski definition) is 4. The van der Waals surface area contributed by atoms with Crippen LogP contribution in [0, 0.1) is 5.92 Å². The van der Waals surface area contributed by atoms with Crippen molar-refractivity contribution < 1.29 is 19.1 Å². The van der Waals surface area contributed by atoms with Gasteiger partial charge >= 0.3 is 6.03 Å². The monoisotopic (exact) mass is 396 g/mol. The number of methoxy groups -OCH3 is 1. The molecule has 2 atom stereocenters. The van der Waals surface area contributed by atoms with E-state index in [-0.39, 0.29) is 42.4 Å². The highest BCUT2D eigenvalue weighted by Gasteiger charge is 2.49. The zero-order valence-corrected chi connectivity index (χ0v) is 18.2. The van der Waals surface area contributed by atoms with Crippen molar-refractivity contribution in [3.63, 3.8) is 0 Å². The molecule has 2 saturated heterocycles. The molecule has 8 heteroatoms. The minimum Gasteiger partial charge on any atom is -0.383 e. The molecule has 0 bridgehead atoms. The molecular formula is C20H36N4O4. The van der Waals surface area contributed by atoms with Gasteiger partial charge in [-0.05, 0) is 33.1 Å². The Balaban J connectivity index is 2.17. The van der Waals surface area contributed by atoms with E-state index in [9.17, 15) is 14.4 Å². The molecule has 2 heterocycles. The van der Waals surface area contributed by atoms with Crippen LogP contribution in [0.25, 0.3) is 0 Å². The number of carbonyl (C=O) groups is 3. The number of likely N-dealkylation sites (N-methyl/N-ethyl adjacent to an activating group) is 1. The van der Waals surface area contributed by atoms with Crippen LogP contribution >= 0.6 is 0 Å². The number of urea groups is 1. The Hall–Kier alpha value is -1.83. The summed E-state index contributed by atoms with van der Waals surface area (Å²) in [5.41, 5.74) is 0. The zero-order chi connectivity index (χ0) is 21.0. The summed E-state index contributed by atoms with van der Waals surface area (Å²) in [7, 11) is 1.62. The molecule has 0 aliphatic carbocycles. The van der Waals surface area contributed by atoms with Gasteiger partial charge in [-0.2, -0.15) is 0 Å². The largest absolute Gasteiger partial charge is 0.383 e. The van der Waals surface area contributed by atoms with Gasteiger partial charge in [0.25, 0.3) is 0 Å². The van der Waals surface area contributed by atoms with Crippen molar-refractivity contribution in [2.75, 3.05) is 46.4 Å². The zero-order valence-electron chi connectivity index (χ0n) is 18.2. The van der Waals surface area contributed by atoms with Crippen LogP contribution in [0.15, 0.2) is 0 Å². The predicted octanol–water partition coefficient (Wildman–Crippen LogP) is 1.25. The van der Waals surface area contributed by atoms with Crippen molar-refractivity contribution in [3.8, 4) is 0 Å². The molecule has 0 N–H and O–H groups in total. The summed E-state index contributed by atoms with van der Waals surface area (Å²) < 4.78 is 5.14. The van der Waals surface area contributed by atoms with E-state index in [1.807, 2.05) is 25.7 Å². The van der Waals surface area contributed by atoms with Crippen molar-refractivity contribution in [2.24, 2.45) is 5.92 Å². The minimum absolute atomic E-state index is 0.0131. The van der Waals surface area contributed by atoms with Crippen LogP contribution in [-0.2, 0) is 14.3 Å². The van der Waals surface area contributed by atoms with Gasteiger partial charge in [-0.3, -0.25) is 9.59 Å². The van der Waals surface area contributed by atoms with E-state index in [2.05, 4.69) is 13.8 Å². The fraction of sp³-hybridized carbons (Fsp3) is 0.850. The third-order valence-corrected chi connectivity index (χ3v) is 5.55. The molecule has 0 aromatic carbocycles. The number of amides is 4. The molecule has 28 heavy (non-hydrogen) atoms. The highest BCUT2D eigenvalue weighted by molar-refractivity contribution is 5.92. The molecule has 2 rings (SSSR count). The second kappa shape index (κ2) is 9.58.